The molecule has 9 atom stereocenters. The standard InChI is InChI=1S/C29H52N4.C3H8/c1-7-12-28(5)13-10-23-22(16-28)8-9-25-24(23)11-14-29(6)26(25)15-19(2)27(29)20(3)17-32-33-21(4)18-31-30;1-3-2/h20,22-27,31-32H,2,7-18,30H2,1,3-6H3;3H2,1-2H3/b33-21-;/t20?,22?,23?,24?,25?,26?,27?,28-,29?;/m0./s1. The van der Waals surface area contributed by atoms with Crippen LogP contribution in [-0.2, 0) is 0 Å². The van der Waals surface area contributed by atoms with Gasteiger partial charge >= 0.3 is 0 Å². The van der Waals surface area contributed by atoms with Crippen molar-refractivity contribution in [2.75, 3.05) is 13.1 Å². The fraction of sp³-hybridized carbons (Fsp3) is 0.906. The molecular weight excluding hydrogens is 440 g/mol. The molecule has 0 aromatic carbocycles. The van der Waals surface area contributed by atoms with Gasteiger partial charge in [0.15, 0.2) is 0 Å². The van der Waals surface area contributed by atoms with Crippen molar-refractivity contribution < 1.29 is 0 Å². The fourth-order valence-electron chi connectivity index (χ4n) is 9.69. The van der Waals surface area contributed by atoms with Crippen LogP contribution in [0.4, 0.5) is 0 Å². The molecule has 4 heteroatoms. The van der Waals surface area contributed by atoms with Crippen LogP contribution in [0.3, 0.4) is 0 Å². The molecule has 4 aliphatic rings. The minimum absolute atomic E-state index is 0.426. The molecule has 0 aromatic rings. The second-order valence-corrected chi connectivity index (χ2v) is 13.9. The van der Waals surface area contributed by atoms with Crippen molar-refractivity contribution in [1.29, 1.82) is 0 Å². The Morgan fingerprint density at radius 2 is 1.78 bits per heavy atom. The van der Waals surface area contributed by atoms with Crippen LogP contribution in [-0.4, -0.2) is 18.8 Å². The lowest BCUT2D eigenvalue weighted by Gasteiger charge is -2.58. The van der Waals surface area contributed by atoms with E-state index in [1.54, 1.807) is 0 Å². The van der Waals surface area contributed by atoms with Gasteiger partial charge in [-0.25, -0.2) is 0 Å². The third kappa shape index (κ3) is 6.22. The smallest absolute Gasteiger partial charge is 0.0499 e. The highest BCUT2D eigenvalue weighted by Crippen LogP contribution is 2.67. The van der Waals surface area contributed by atoms with Gasteiger partial charge in [0, 0.05) is 18.8 Å². The van der Waals surface area contributed by atoms with Gasteiger partial charge in [0.05, 0.1) is 0 Å². The van der Waals surface area contributed by atoms with E-state index in [9.17, 15) is 0 Å². The molecule has 0 saturated heterocycles. The largest absolute Gasteiger partial charge is 0.310 e. The molecule has 4 N–H and O–H groups in total. The van der Waals surface area contributed by atoms with Gasteiger partial charge in [-0.15, -0.1) is 0 Å². The van der Waals surface area contributed by atoms with Gasteiger partial charge < -0.3 is 5.43 Å². The molecule has 0 aliphatic heterocycles. The van der Waals surface area contributed by atoms with Crippen LogP contribution in [0.25, 0.3) is 0 Å². The van der Waals surface area contributed by atoms with E-state index in [1.165, 1.54) is 76.2 Å². The van der Waals surface area contributed by atoms with Crippen LogP contribution in [0, 0.1) is 52.3 Å². The zero-order valence-corrected chi connectivity index (χ0v) is 25.0. The fourth-order valence-corrected chi connectivity index (χ4v) is 9.69. The lowest BCUT2D eigenvalue weighted by molar-refractivity contribution is -0.0828. The first-order chi connectivity index (χ1) is 17.1. The Labute approximate surface area is 224 Å². The minimum atomic E-state index is 0.426. The summed E-state index contributed by atoms with van der Waals surface area (Å²) in [5.41, 5.74) is 9.61. The van der Waals surface area contributed by atoms with Crippen molar-refractivity contribution in [3.05, 3.63) is 12.2 Å². The first kappa shape index (κ1) is 29.7. The quantitative estimate of drug-likeness (QED) is 0.138. The van der Waals surface area contributed by atoms with Crippen LogP contribution in [0.1, 0.15) is 119 Å². The second kappa shape index (κ2) is 12.8. The summed E-state index contributed by atoms with van der Waals surface area (Å²) in [7, 11) is 0. The Balaban J connectivity index is 0.00000115. The summed E-state index contributed by atoms with van der Waals surface area (Å²) in [6.07, 6.45) is 15.7. The number of nitrogens with one attached hydrogen (secondary N) is 2. The van der Waals surface area contributed by atoms with Gasteiger partial charge in [-0.3, -0.25) is 11.3 Å². The topological polar surface area (TPSA) is 62.4 Å². The summed E-state index contributed by atoms with van der Waals surface area (Å²) < 4.78 is 0. The first-order valence-electron chi connectivity index (χ1n) is 15.5. The number of hydrogen-bond acceptors (Lipinski definition) is 4. The van der Waals surface area contributed by atoms with Gasteiger partial charge in [-0.05, 0) is 117 Å². The van der Waals surface area contributed by atoms with Crippen LogP contribution in [0.15, 0.2) is 17.3 Å². The van der Waals surface area contributed by atoms with Crippen molar-refractivity contribution in [2.45, 2.75) is 119 Å². The number of hydrazine groups is 1. The van der Waals surface area contributed by atoms with E-state index in [4.69, 9.17) is 5.84 Å². The van der Waals surface area contributed by atoms with Crippen molar-refractivity contribution in [2.24, 2.45) is 63.2 Å². The van der Waals surface area contributed by atoms with E-state index < -0.39 is 0 Å². The van der Waals surface area contributed by atoms with Gasteiger partial charge in [0.1, 0.15) is 0 Å². The molecule has 4 rings (SSSR count). The van der Waals surface area contributed by atoms with Gasteiger partial charge in [0.2, 0.25) is 0 Å². The summed E-state index contributed by atoms with van der Waals surface area (Å²) in [5, 5.41) is 4.51. The molecule has 0 aromatic heterocycles. The van der Waals surface area contributed by atoms with E-state index >= 15 is 0 Å². The van der Waals surface area contributed by atoms with E-state index in [1.807, 2.05) is 6.92 Å². The molecule has 0 spiro atoms. The molecule has 208 valence electrons. The Bertz CT molecular complexity index is 746. The lowest BCUT2D eigenvalue weighted by atomic mass is 9.47. The van der Waals surface area contributed by atoms with Crippen molar-refractivity contribution in [3.8, 4) is 0 Å². The third-order valence-corrected chi connectivity index (χ3v) is 10.9. The molecule has 4 aliphatic carbocycles. The number of rotatable bonds is 8. The Hall–Kier alpha value is -0.870. The first-order valence-corrected chi connectivity index (χ1v) is 15.5. The highest BCUT2D eigenvalue weighted by atomic mass is 15.3. The van der Waals surface area contributed by atoms with Crippen LogP contribution < -0.4 is 16.7 Å². The average Bonchev–Trinajstić information content (AvgIpc) is 3.09. The van der Waals surface area contributed by atoms with Gasteiger partial charge in [0.25, 0.3) is 0 Å². The van der Waals surface area contributed by atoms with E-state index in [-0.39, 0.29) is 0 Å². The summed E-state index contributed by atoms with van der Waals surface area (Å²) in [5.74, 6) is 11.4. The number of allylic oxidation sites excluding steroid dienone is 1. The predicted molar refractivity (Wildman–Crippen MR) is 157 cm³/mol. The number of nitrogens with zero attached hydrogens (tertiary/aromatic N) is 1. The van der Waals surface area contributed by atoms with Gasteiger partial charge in [-0.1, -0.05) is 66.5 Å². The SMILES string of the molecule is C=C1CC2C3CCC4C[C@@](C)(CCC)CCC4C3CCC2(C)C1C(C)CN/N=C(/C)CNN.CCC. The minimum Gasteiger partial charge on any atom is -0.310 e. The van der Waals surface area contributed by atoms with E-state index in [0.717, 1.165) is 41.8 Å². The van der Waals surface area contributed by atoms with Crippen molar-refractivity contribution in [1.82, 2.24) is 10.9 Å². The third-order valence-electron chi connectivity index (χ3n) is 10.9. The van der Waals surface area contributed by atoms with Crippen molar-refractivity contribution in [3.63, 3.8) is 0 Å². The molecular formula is C32H60N4. The van der Waals surface area contributed by atoms with Crippen LogP contribution in [0.5, 0.6) is 0 Å². The molecule has 0 heterocycles. The van der Waals surface area contributed by atoms with Crippen molar-refractivity contribution >= 4 is 5.71 Å². The summed E-state index contributed by atoms with van der Waals surface area (Å²) in [6.45, 7) is 22.5. The lowest BCUT2D eigenvalue weighted by Crippen LogP contribution is -2.50. The maximum atomic E-state index is 5.42. The molecule has 0 amide bonds. The molecule has 36 heavy (non-hydrogen) atoms. The van der Waals surface area contributed by atoms with Crippen LogP contribution in [0.2, 0.25) is 0 Å². The van der Waals surface area contributed by atoms with Crippen LogP contribution >= 0.6 is 0 Å². The number of nitrogens with two attached hydrogens (primary N) is 1. The Morgan fingerprint density at radius 3 is 2.44 bits per heavy atom. The maximum Gasteiger partial charge on any atom is 0.0499 e. The normalized spacial score (nSPS) is 40.9. The molecule has 4 fully saturated rings. The summed E-state index contributed by atoms with van der Waals surface area (Å²) in [6, 6.07) is 0. The van der Waals surface area contributed by atoms with Gasteiger partial charge in [-0.2, -0.15) is 5.10 Å². The van der Waals surface area contributed by atoms with E-state index in [2.05, 4.69) is 64.1 Å². The highest BCUT2D eigenvalue weighted by Gasteiger charge is 2.59. The molecule has 0 radical (unpaired) electrons. The maximum absolute atomic E-state index is 5.42. The van der Waals surface area contributed by atoms with E-state index in [0.29, 0.717) is 29.2 Å². The molecule has 8 unspecified atom stereocenters. The number of hydrazone groups is 1. The Kier molecular flexibility index (Phi) is 10.5. The Morgan fingerprint density at radius 1 is 1.08 bits per heavy atom. The zero-order valence-electron chi connectivity index (χ0n) is 25.0. The molecule has 4 nitrogen and oxygen atoms in total. The zero-order chi connectivity index (χ0) is 26.5. The average molecular weight is 501 g/mol. The second-order valence-electron chi connectivity index (χ2n) is 13.9. The monoisotopic (exact) mass is 500 g/mol. The molecule has 4 saturated carbocycles. The summed E-state index contributed by atoms with van der Waals surface area (Å²) >= 11 is 0. The summed E-state index contributed by atoms with van der Waals surface area (Å²) in [4.78, 5) is 0. The number of hydrogen-bond donors (Lipinski definition) is 3. The predicted octanol–water partition coefficient (Wildman–Crippen LogP) is 7.71. The highest BCUT2D eigenvalue weighted by molar-refractivity contribution is 5.83. The molecule has 0 bridgehead atoms. The number of fused-ring (bicyclic) bond motifs is 5.